The van der Waals surface area contributed by atoms with E-state index in [1.807, 2.05) is 13.8 Å². The summed E-state index contributed by atoms with van der Waals surface area (Å²) >= 11 is 0. The topological polar surface area (TPSA) is 37.4 Å². The van der Waals surface area contributed by atoms with E-state index in [-0.39, 0.29) is 11.7 Å². The van der Waals surface area contributed by atoms with Gasteiger partial charge in [-0.05, 0) is 6.92 Å². The predicted molar refractivity (Wildman–Crippen MR) is 50.0 cm³/mol. The minimum absolute atomic E-state index is 0.00116. The fourth-order valence-electron chi connectivity index (χ4n) is 0.483. The van der Waals surface area contributed by atoms with Gasteiger partial charge in [0, 0.05) is 26.9 Å². The summed E-state index contributed by atoms with van der Waals surface area (Å²) in [6.45, 7) is 7.54. The quantitative estimate of drug-likeness (QED) is 0.648. The first-order valence-corrected chi connectivity index (χ1v) is 4.25. The highest BCUT2D eigenvalue weighted by Crippen LogP contribution is 1.88. The van der Waals surface area contributed by atoms with Crippen molar-refractivity contribution < 1.29 is 9.59 Å². The van der Waals surface area contributed by atoms with Crippen molar-refractivity contribution in [3.8, 4) is 0 Å². The summed E-state index contributed by atoms with van der Waals surface area (Å²) in [4.78, 5) is 22.5. The van der Waals surface area contributed by atoms with Gasteiger partial charge < -0.3 is 4.90 Å². The summed E-state index contributed by atoms with van der Waals surface area (Å²) in [5, 5.41) is 0. The molecule has 3 heteroatoms. The van der Waals surface area contributed by atoms with Gasteiger partial charge in [0.25, 0.3) is 0 Å². The first-order valence-electron chi connectivity index (χ1n) is 4.25. The van der Waals surface area contributed by atoms with Gasteiger partial charge in [0.2, 0.25) is 5.91 Å². The molecule has 0 saturated heterocycles. The summed E-state index contributed by atoms with van der Waals surface area (Å²) < 4.78 is 0. The van der Waals surface area contributed by atoms with E-state index in [2.05, 4.69) is 0 Å². The summed E-state index contributed by atoms with van der Waals surface area (Å²) in [7, 11) is 1.69. The van der Waals surface area contributed by atoms with Gasteiger partial charge in [-0.15, -0.1) is 0 Å². The van der Waals surface area contributed by atoms with E-state index in [9.17, 15) is 9.59 Å². The lowest BCUT2D eigenvalue weighted by atomic mass is 10.3. The first kappa shape index (κ1) is 13.7. The second-order valence-electron chi connectivity index (χ2n) is 2.39. The van der Waals surface area contributed by atoms with E-state index in [0.717, 1.165) is 0 Å². The molecule has 0 radical (unpaired) electrons. The summed E-state index contributed by atoms with van der Waals surface area (Å²) in [6, 6.07) is 0. The highest BCUT2D eigenvalue weighted by molar-refractivity contribution is 5.77. The standard InChI is InChI=1S/C7H13NO2.C2H6/c1-6(9)4-5-8(3)7(2)10;1-2/h4-5H2,1-3H3;1-2H3. The van der Waals surface area contributed by atoms with Crippen LogP contribution < -0.4 is 0 Å². The Labute approximate surface area is 74.7 Å². The van der Waals surface area contributed by atoms with Gasteiger partial charge in [-0.3, -0.25) is 9.59 Å². The highest BCUT2D eigenvalue weighted by atomic mass is 16.2. The van der Waals surface area contributed by atoms with Crippen molar-refractivity contribution in [2.45, 2.75) is 34.1 Å². The molecule has 0 aromatic heterocycles. The molecule has 0 aliphatic heterocycles. The Morgan fingerprint density at radius 1 is 1.17 bits per heavy atom. The summed E-state index contributed by atoms with van der Waals surface area (Å²) in [6.07, 6.45) is 0.454. The molecule has 1 amide bonds. The van der Waals surface area contributed by atoms with Gasteiger partial charge in [-0.25, -0.2) is 0 Å². The second kappa shape index (κ2) is 8.24. The average Bonchev–Trinajstić information content (AvgIpc) is 2.03. The molecule has 0 aliphatic rings. The van der Waals surface area contributed by atoms with E-state index >= 15 is 0 Å². The average molecular weight is 173 g/mol. The zero-order valence-electron chi connectivity index (χ0n) is 8.68. The number of hydrogen-bond acceptors (Lipinski definition) is 2. The van der Waals surface area contributed by atoms with Crippen molar-refractivity contribution in [2.75, 3.05) is 13.6 Å². The van der Waals surface area contributed by atoms with Crippen LogP contribution in [0.5, 0.6) is 0 Å². The van der Waals surface area contributed by atoms with Crippen LogP contribution >= 0.6 is 0 Å². The number of amides is 1. The molecular weight excluding hydrogens is 154 g/mol. The first-order chi connectivity index (χ1) is 5.54. The minimum atomic E-state index is 0.00116. The fraction of sp³-hybridized carbons (Fsp3) is 0.778. The SMILES string of the molecule is CC.CC(=O)CCN(C)C(C)=O. The molecule has 0 saturated carbocycles. The molecule has 0 aliphatic carbocycles. The molecule has 0 atom stereocenters. The van der Waals surface area contributed by atoms with Gasteiger partial charge in [-0.2, -0.15) is 0 Å². The van der Waals surface area contributed by atoms with Crippen LogP contribution in [0, 0.1) is 0 Å². The lowest BCUT2D eigenvalue weighted by Gasteiger charge is -2.12. The Bertz CT molecular complexity index is 143. The Kier molecular flexibility index (Phi) is 9.41. The highest BCUT2D eigenvalue weighted by Gasteiger charge is 2.01. The number of rotatable bonds is 3. The van der Waals surface area contributed by atoms with Crippen LogP contribution in [0.4, 0.5) is 0 Å². The smallest absolute Gasteiger partial charge is 0.219 e. The van der Waals surface area contributed by atoms with Crippen LogP contribution in [-0.4, -0.2) is 30.2 Å². The summed E-state index contributed by atoms with van der Waals surface area (Å²) in [5.41, 5.74) is 0. The third-order valence-electron chi connectivity index (χ3n) is 1.34. The largest absolute Gasteiger partial charge is 0.346 e. The van der Waals surface area contributed by atoms with Gasteiger partial charge in [0.15, 0.2) is 0 Å². The number of hydrogen-bond donors (Lipinski definition) is 0. The molecule has 0 bridgehead atoms. The van der Waals surface area contributed by atoms with Crippen LogP contribution in [0.2, 0.25) is 0 Å². The van der Waals surface area contributed by atoms with Gasteiger partial charge in [-0.1, -0.05) is 13.8 Å². The van der Waals surface area contributed by atoms with Crippen LogP contribution in [0.25, 0.3) is 0 Å². The zero-order valence-corrected chi connectivity index (χ0v) is 8.68. The Morgan fingerprint density at radius 3 is 1.83 bits per heavy atom. The monoisotopic (exact) mass is 173 g/mol. The van der Waals surface area contributed by atoms with Crippen molar-refractivity contribution in [1.29, 1.82) is 0 Å². The Morgan fingerprint density at radius 2 is 1.58 bits per heavy atom. The molecule has 0 N–H and O–H groups in total. The summed E-state index contributed by atoms with van der Waals surface area (Å²) in [5.74, 6) is 0.120. The van der Waals surface area contributed by atoms with Crippen LogP contribution in [0.15, 0.2) is 0 Å². The number of carbonyl (C=O) groups is 2. The number of carbonyl (C=O) groups excluding carboxylic acids is 2. The molecule has 0 spiro atoms. The molecule has 3 nitrogen and oxygen atoms in total. The lowest BCUT2D eigenvalue weighted by molar-refractivity contribution is -0.128. The maximum Gasteiger partial charge on any atom is 0.219 e. The zero-order chi connectivity index (χ0) is 10.1. The molecule has 0 unspecified atom stereocenters. The van der Waals surface area contributed by atoms with Crippen molar-refractivity contribution in [2.24, 2.45) is 0 Å². The molecule has 0 heterocycles. The molecule has 72 valence electrons. The minimum Gasteiger partial charge on any atom is -0.346 e. The van der Waals surface area contributed by atoms with Crippen LogP contribution in [-0.2, 0) is 9.59 Å². The molecular formula is C9H19NO2. The molecule has 0 aromatic rings. The Balaban J connectivity index is 0. The number of Topliss-reactive ketones (excluding diaryl/α,β-unsaturated/α-hetero) is 1. The maximum atomic E-state index is 10.6. The van der Waals surface area contributed by atoms with Crippen molar-refractivity contribution in [3.05, 3.63) is 0 Å². The molecule has 0 rings (SSSR count). The third kappa shape index (κ3) is 9.14. The Hall–Kier alpha value is -0.860. The van der Waals surface area contributed by atoms with Crippen LogP contribution in [0.1, 0.15) is 34.1 Å². The normalized spacial score (nSPS) is 8.08. The van der Waals surface area contributed by atoms with Gasteiger partial charge in [0.05, 0.1) is 0 Å². The van der Waals surface area contributed by atoms with E-state index in [1.54, 1.807) is 7.05 Å². The number of nitrogens with zero attached hydrogens (tertiary/aromatic N) is 1. The van der Waals surface area contributed by atoms with E-state index in [0.29, 0.717) is 13.0 Å². The van der Waals surface area contributed by atoms with Gasteiger partial charge in [0.1, 0.15) is 5.78 Å². The fourth-order valence-corrected chi connectivity index (χ4v) is 0.483. The molecule has 12 heavy (non-hydrogen) atoms. The maximum absolute atomic E-state index is 10.6. The predicted octanol–water partition coefficient (Wildman–Crippen LogP) is 1.47. The van der Waals surface area contributed by atoms with Crippen molar-refractivity contribution >= 4 is 11.7 Å². The lowest BCUT2D eigenvalue weighted by Crippen LogP contribution is -2.25. The van der Waals surface area contributed by atoms with Gasteiger partial charge >= 0.3 is 0 Å². The van der Waals surface area contributed by atoms with Crippen molar-refractivity contribution in [1.82, 2.24) is 4.90 Å². The molecule has 0 aromatic carbocycles. The second-order valence-corrected chi connectivity index (χ2v) is 2.39. The number of ketones is 1. The van der Waals surface area contributed by atoms with Crippen molar-refractivity contribution in [3.63, 3.8) is 0 Å². The third-order valence-corrected chi connectivity index (χ3v) is 1.34. The van der Waals surface area contributed by atoms with E-state index in [1.165, 1.54) is 18.7 Å². The van der Waals surface area contributed by atoms with E-state index < -0.39 is 0 Å². The molecule has 0 fully saturated rings. The van der Waals surface area contributed by atoms with Crippen LogP contribution in [0.3, 0.4) is 0 Å². The van der Waals surface area contributed by atoms with E-state index in [4.69, 9.17) is 0 Å².